The lowest BCUT2D eigenvalue weighted by atomic mass is 10.1. The lowest BCUT2D eigenvalue weighted by molar-refractivity contribution is 0.415. The summed E-state index contributed by atoms with van der Waals surface area (Å²) in [7, 11) is 1.56. The van der Waals surface area contributed by atoms with Crippen molar-refractivity contribution in [3.63, 3.8) is 0 Å². The summed E-state index contributed by atoms with van der Waals surface area (Å²) < 4.78 is 7.02. The highest BCUT2D eigenvalue weighted by atomic mass is 79.9. The average molecular weight is 399 g/mol. The van der Waals surface area contributed by atoms with E-state index in [0.29, 0.717) is 22.2 Å². The second kappa shape index (κ2) is 5.82. The fourth-order valence-corrected chi connectivity index (χ4v) is 2.97. The lowest BCUT2D eigenvalue weighted by Crippen LogP contribution is -2.26. The third-order valence-electron chi connectivity index (χ3n) is 3.83. The Kier molecular flexibility index (Phi) is 3.61. The van der Waals surface area contributed by atoms with Gasteiger partial charge in [0, 0.05) is 15.4 Å². The van der Waals surface area contributed by atoms with E-state index in [-0.39, 0.29) is 11.3 Å². The molecule has 4 aromatic rings. The van der Waals surface area contributed by atoms with Crippen molar-refractivity contribution in [1.82, 2.24) is 19.6 Å². The molecule has 2 heterocycles. The van der Waals surface area contributed by atoms with E-state index in [0.717, 1.165) is 8.99 Å². The molecule has 0 saturated carbocycles. The number of halogens is 1. The lowest BCUT2D eigenvalue weighted by Gasteiger charge is -2.06. The van der Waals surface area contributed by atoms with Gasteiger partial charge in [-0.2, -0.15) is 14.6 Å². The van der Waals surface area contributed by atoms with Gasteiger partial charge >= 0.3 is 5.69 Å². The van der Waals surface area contributed by atoms with Crippen LogP contribution in [0.15, 0.2) is 56.5 Å². The second-order valence-electron chi connectivity index (χ2n) is 5.35. The summed E-state index contributed by atoms with van der Waals surface area (Å²) in [6, 6.07) is 12.1. The molecule has 0 spiro atoms. The Labute approximate surface area is 149 Å². The molecule has 4 rings (SSSR count). The van der Waals surface area contributed by atoms with Crippen molar-refractivity contribution in [2.75, 3.05) is 7.11 Å². The highest BCUT2D eigenvalue weighted by Crippen LogP contribution is 2.21. The van der Waals surface area contributed by atoms with Gasteiger partial charge in [0.25, 0.3) is 5.56 Å². The molecule has 0 aliphatic carbocycles. The van der Waals surface area contributed by atoms with Gasteiger partial charge in [-0.15, -0.1) is 0 Å². The summed E-state index contributed by atoms with van der Waals surface area (Å²) in [6.07, 6.45) is 0. The van der Waals surface area contributed by atoms with Crippen LogP contribution >= 0.6 is 15.9 Å². The van der Waals surface area contributed by atoms with E-state index in [9.17, 15) is 9.59 Å². The minimum atomic E-state index is -0.503. The molecule has 0 bridgehead atoms. The molecule has 2 aromatic heterocycles. The molecule has 0 amide bonds. The number of hydrogen-bond donors (Lipinski definition) is 1. The molecule has 0 saturated heterocycles. The summed E-state index contributed by atoms with van der Waals surface area (Å²) in [4.78, 5) is 31.7. The van der Waals surface area contributed by atoms with Crippen molar-refractivity contribution in [3.8, 4) is 17.0 Å². The van der Waals surface area contributed by atoms with E-state index in [2.05, 4.69) is 31.0 Å². The van der Waals surface area contributed by atoms with Crippen molar-refractivity contribution in [1.29, 1.82) is 0 Å². The van der Waals surface area contributed by atoms with Gasteiger partial charge in [0.15, 0.2) is 11.3 Å². The maximum atomic E-state index is 12.5. The normalized spacial score (nSPS) is 11.1. The van der Waals surface area contributed by atoms with Crippen molar-refractivity contribution >= 4 is 32.5 Å². The summed E-state index contributed by atoms with van der Waals surface area (Å²) in [5.74, 6) is 0.659. The first kappa shape index (κ1) is 15.5. The first-order valence-corrected chi connectivity index (χ1v) is 8.13. The van der Waals surface area contributed by atoms with E-state index in [1.54, 1.807) is 49.6 Å². The number of hydrogen-bond acceptors (Lipinski definition) is 5. The smallest absolute Gasteiger partial charge is 0.348 e. The number of rotatable bonds is 2. The Balaban J connectivity index is 2.04. The molecule has 0 unspecified atom stereocenters. The molecule has 1 N–H and O–H groups in total. The SMILES string of the molecule is COc1ccc(-c2nn3c(=O)[nH]c4ccc(Br)cc4c3nc2=O)cc1. The van der Waals surface area contributed by atoms with Crippen LogP contribution in [0.2, 0.25) is 0 Å². The highest BCUT2D eigenvalue weighted by Gasteiger charge is 2.13. The van der Waals surface area contributed by atoms with Crippen molar-refractivity contribution < 1.29 is 4.74 Å². The van der Waals surface area contributed by atoms with Crippen LogP contribution in [0.25, 0.3) is 27.8 Å². The molecular formula is C17H11BrN4O3. The summed E-state index contributed by atoms with van der Waals surface area (Å²) >= 11 is 3.38. The third-order valence-corrected chi connectivity index (χ3v) is 4.32. The first-order valence-electron chi connectivity index (χ1n) is 7.34. The standard InChI is InChI=1S/C17H11BrN4O3/c1-25-11-5-2-9(3-6-11)14-16(23)20-15-12-8-10(18)4-7-13(12)19-17(24)22(15)21-14/h2-8H,1H3,(H,19,24). The number of aromatic amines is 1. The monoisotopic (exact) mass is 398 g/mol. The number of nitrogens with zero attached hydrogens (tertiary/aromatic N) is 3. The number of ether oxygens (including phenoxy) is 1. The quantitative estimate of drug-likeness (QED) is 0.523. The molecule has 0 aliphatic rings. The van der Waals surface area contributed by atoms with Gasteiger partial charge in [-0.3, -0.25) is 4.79 Å². The predicted molar refractivity (Wildman–Crippen MR) is 97.1 cm³/mol. The number of methoxy groups -OCH3 is 1. The molecule has 0 atom stereocenters. The van der Waals surface area contributed by atoms with Crippen LogP contribution < -0.4 is 16.0 Å². The Morgan fingerprint density at radius 2 is 1.88 bits per heavy atom. The number of H-pyrrole nitrogens is 1. The van der Waals surface area contributed by atoms with E-state index < -0.39 is 11.2 Å². The van der Waals surface area contributed by atoms with Crippen LogP contribution in [0, 0.1) is 0 Å². The zero-order valence-corrected chi connectivity index (χ0v) is 14.6. The number of fused-ring (bicyclic) bond motifs is 3. The predicted octanol–water partition coefficient (Wildman–Crippen LogP) is 2.37. The Morgan fingerprint density at radius 1 is 1.12 bits per heavy atom. The van der Waals surface area contributed by atoms with Crippen LogP contribution in [-0.2, 0) is 0 Å². The molecule has 2 aromatic carbocycles. The Hall–Kier alpha value is -3.00. The molecule has 124 valence electrons. The van der Waals surface area contributed by atoms with Gasteiger partial charge in [0.2, 0.25) is 0 Å². The molecule has 8 heteroatoms. The first-order chi connectivity index (χ1) is 12.1. The van der Waals surface area contributed by atoms with E-state index >= 15 is 0 Å². The van der Waals surface area contributed by atoms with Gasteiger partial charge in [-0.05, 0) is 42.5 Å². The average Bonchev–Trinajstić information content (AvgIpc) is 2.62. The zero-order chi connectivity index (χ0) is 17.6. The zero-order valence-electron chi connectivity index (χ0n) is 13.0. The van der Waals surface area contributed by atoms with Crippen molar-refractivity contribution in [3.05, 3.63) is 67.8 Å². The van der Waals surface area contributed by atoms with Crippen LogP contribution in [-0.4, -0.2) is 26.7 Å². The molecule has 0 aliphatic heterocycles. The van der Waals surface area contributed by atoms with Gasteiger partial charge < -0.3 is 9.72 Å². The summed E-state index contributed by atoms with van der Waals surface area (Å²) in [5.41, 5.74) is 0.479. The van der Waals surface area contributed by atoms with E-state index in [1.807, 2.05) is 0 Å². The molecular weight excluding hydrogens is 388 g/mol. The number of benzene rings is 2. The largest absolute Gasteiger partial charge is 0.497 e. The maximum absolute atomic E-state index is 12.5. The third kappa shape index (κ3) is 2.60. The van der Waals surface area contributed by atoms with Gasteiger partial charge in [0.1, 0.15) is 5.75 Å². The molecule has 25 heavy (non-hydrogen) atoms. The fraction of sp³-hybridized carbons (Fsp3) is 0.0588. The van der Waals surface area contributed by atoms with E-state index in [1.165, 1.54) is 0 Å². The molecule has 0 fully saturated rings. The summed E-state index contributed by atoms with van der Waals surface area (Å²) in [5, 5.41) is 4.85. The van der Waals surface area contributed by atoms with Gasteiger partial charge in [0.05, 0.1) is 12.6 Å². The minimum absolute atomic E-state index is 0.0972. The van der Waals surface area contributed by atoms with Crippen molar-refractivity contribution in [2.24, 2.45) is 0 Å². The summed E-state index contributed by atoms with van der Waals surface area (Å²) in [6.45, 7) is 0. The highest BCUT2D eigenvalue weighted by molar-refractivity contribution is 9.10. The van der Waals surface area contributed by atoms with Gasteiger partial charge in [-0.1, -0.05) is 15.9 Å². The Morgan fingerprint density at radius 3 is 2.60 bits per heavy atom. The van der Waals surface area contributed by atoms with Crippen LogP contribution in [0.4, 0.5) is 0 Å². The fourth-order valence-electron chi connectivity index (χ4n) is 2.61. The Bertz CT molecular complexity index is 1230. The van der Waals surface area contributed by atoms with Crippen LogP contribution in [0.1, 0.15) is 0 Å². The van der Waals surface area contributed by atoms with E-state index in [4.69, 9.17) is 4.74 Å². The second-order valence-corrected chi connectivity index (χ2v) is 6.27. The molecule has 0 radical (unpaired) electrons. The molecule has 7 nitrogen and oxygen atoms in total. The van der Waals surface area contributed by atoms with Crippen molar-refractivity contribution in [2.45, 2.75) is 0 Å². The maximum Gasteiger partial charge on any atom is 0.348 e. The van der Waals surface area contributed by atoms with Gasteiger partial charge in [-0.25, -0.2) is 4.79 Å². The van der Waals surface area contributed by atoms with Crippen LogP contribution in [0.5, 0.6) is 5.75 Å². The number of nitrogens with one attached hydrogen (secondary N) is 1. The van der Waals surface area contributed by atoms with Crippen LogP contribution in [0.3, 0.4) is 0 Å². The minimum Gasteiger partial charge on any atom is -0.497 e. The topological polar surface area (TPSA) is 89.3 Å². The number of aromatic nitrogens is 4.